The van der Waals surface area contributed by atoms with Crippen LogP contribution in [0.15, 0.2) is 29.2 Å². The van der Waals surface area contributed by atoms with E-state index in [4.69, 9.17) is 17.6 Å². The smallest absolute Gasteiger partial charge is 0.266 e. The molecule has 2 aliphatic rings. The number of rotatable bonds is 7. The van der Waals surface area contributed by atoms with Crippen LogP contribution >= 0.6 is 12.2 Å². The highest BCUT2D eigenvalue weighted by atomic mass is 32.2. The van der Waals surface area contributed by atoms with Crippen molar-refractivity contribution in [2.24, 2.45) is 0 Å². The summed E-state index contributed by atoms with van der Waals surface area (Å²) in [5.74, 6) is 0.127. The van der Waals surface area contributed by atoms with E-state index in [0.717, 1.165) is 44.2 Å². The zero-order valence-electron chi connectivity index (χ0n) is 17.0. The number of hydrogen-bond donors (Lipinski definition) is 3. The van der Waals surface area contributed by atoms with Crippen LogP contribution in [0.4, 0.5) is 0 Å². The van der Waals surface area contributed by atoms with E-state index in [1.165, 1.54) is 10.7 Å². The van der Waals surface area contributed by atoms with E-state index >= 15 is 0 Å². The van der Waals surface area contributed by atoms with Gasteiger partial charge in [0.25, 0.3) is 10.0 Å². The van der Waals surface area contributed by atoms with Gasteiger partial charge in [0.05, 0.1) is 11.4 Å². The fourth-order valence-electron chi connectivity index (χ4n) is 4.03. The molecule has 1 saturated carbocycles. The Morgan fingerprint density at radius 2 is 1.83 bits per heavy atom. The predicted octanol–water partition coefficient (Wildman–Crippen LogP) is 2.29. The van der Waals surface area contributed by atoms with Gasteiger partial charge in [0, 0.05) is 25.7 Å². The van der Waals surface area contributed by atoms with Gasteiger partial charge < -0.3 is 15.5 Å². The lowest BCUT2D eigenvalue weighted by atomic mass is 9.94. The number of benzene rings is 1. The lowest BCUT2D eigenvalue weighted by Gasteiger charge is -2.32. The highest BCUT2D eigenvalue weighted by Gasteiger charge is 2.38. The van der Waals surface area contributed by atoms with Crippen molar-refractivity contribution < 1.29 is 8.42 Å². The molecule has 1 aliphatic heterocycles. The second kappa shape index (κ2) is 9.75. The van der Waals surface area contributed by atoms with Crippen LogP contribution in [-0.4, -0.2) is 60.9 Å². The minimum absolute atomic E-state index is 0.127. The summed E-state index contributed by atoms with van der Waals surface area (Å²) in [4.78, 5) is 2.22. The summed E-state index contributed by atoms with van der Waals surface area (Å²) < 4.78 is 27.4. The number of sulfonamides is 1. The molecule has 1 heterocycles. The molecule has 3 rings (SSSR count). The molecule has 29 heavy (non-hydrogen) atoms. The van der Waals surface area contributed by atoms with Gasteiger partial charge in [-0.2, -0.15) is 0 Å². The van der Waals surface area contributed by atoms with Crippen molar-refractivity contribution in [3.8, 4) is 0 Å². The summed E-state index contributed by atoms with van der Waals surface area (Å²) in [5, 5.41) is 15.2. The molecule has 0 aromatic heterocycles. The highest BCUT2D eigenvalue weighted by molar-refractivity contribution is 7.89. The topological polar surface area (TPSA) is 88.5 Å². The van der Waals surface area contributed by atoms with Crippen LogP contribution in [0.2, 0.25) is 0 Å². The molecule has 1 saturated heterocycles. The Bertz CT molecular complexity index is 820. The van der Waals surface area contributed by atoms with E-state index in [-0.39, 0.29) is 10.9 Å². The molecular formula is C20H31N5O2S2. The fourth-order valence-corrected chi connectivity index (χ4v) is 5.67. The largest absolute Gasteiger partial charge is 0.363 e. The summed E-state index contributed by atoms with van der Waals surface area (Å²) in [5.41, 5.74) is 1.04. The number of thiocarbonyl (C=S) groups is 1. The van der Waals surface area contributed by atoms with Gasteiger partial charge >= 0.3 is 0 Å². The van der Waals surface area contributed by atoms with E-state index in [9.17, 15) is 8.42 Å². The molecule has 0 bridgehead atoms. The van der Waals surface area contributed by atoms with Gasteiger partial charge in [-0.15, -0.1) is 0 Å². The Morgan fingerprint density at radius 1 is 1.14 bits per heavy atom. The van der Waals surface area contributed by atoms with Crippen molar-refractivity contribution in [2.45, 2.75) is 56.4 Å². The zero-order chi connectivity index (χ0) is 20.9. The van der Waals surface area contributed by atoms with Gasteiger partial charge in [-0.3, -0.25) is 5.41 Å². The molecule has 7 nitrogen and oxygen atoms in total. The van der Waals surface area contributed by atoms with Crippen molar-refractivity contribution in [3.05, 3.63) is 29.8 Å². The van der Waals surface area contributed by atoms with Crippen LogP contribution in [-0.2, 0) is 16.4 Å². The molecule has 1 aliphatic carbocycles. The summed E-state index contributed by atoms with van der Waals surface area (Å²) in [6.45, 7) is 4.41. The number of nitrogens with zero attached hydrogens (tertiary/aromatic N) is 2. The van der Waals surface area contributed by atoms with Crippen molar-refractivity contribution in [2.75, 3.05) is 26.2 Å². The first kappa shape index (κ1) is 21.8. The van der Waals surface area contributed by atoms with E-state index in [0.29, 0.717) is 30.8 Å². The molecule has 0 amide bonds. The molecule has 160 valence electrons. The summed E-state index contributed by atoms with van der Waals surface area (Å²) in [6, 6.07) is 7.26. The van der Waals surface area contributed by atoms with Crippen LogP contribution < -0.4 is 10.6 Å². The average molecular weight is 438 g/mol. The van der Waals surface area contributed by atoms with Gasteiger partial charge in [0.15, 0.2) is 5.11 Å². The van der Waals surface area contributed by atoms with E-state index in [1.807, 2.05) is 24.0 Å². The van der Waals surface area contributed by atoms with Crippen LogP contribution in [0.25, 0.3) is 0 Å². The maximum Gasteiger partial charge on any atom is 0.266 e. The second-order valence-electron chi connectivity index (χ2n) is 7.57. The zero-order valence-corrected chi connectivity index (χ0v) is 18.6. The Hall–Kier alpha value is -1.87. The third-order valence-corrected chi connectivity index (χ3v) is 7.71. The lowest BCUT2D eigenvalue weighted by Crippen LogP contribution is -2.42. The average Bonchev–Trinajstić information content (AvgIpc) is 3.11. The molecule has 1 aromatic carbocycles. The first-order valence-corrected chi connectivity index (χ1v) is 12.3. The Balaban J connectivity index is 1.60. The standard InChI is InChI=1S/C20H31N5O2S2/c1-2-22-20(28)23-13-12-16-8-10-18(11-9-16)29(26,27)25-15-14-24(19(25)21)17-6-4-3-5-7-17/h8-11,17,21H,2-7,12-15H2,1H3,(H2,22,23,28). The third kappa shape index (κ3) is 5.19. The predicted molar refractivity (Wildman–Crippen MR) is 120 cm³/mol. The fraction of sp³-hybridized carbons (Fsp3) is 0.600. The monoisotopic (exact) mass is 437 g/mol. The molecule has 3 N–H and O–H groups in total. The number of guanidine groups is 1. The van der Waals surface area contributed by atoms with Gasteiger partial charge in [-0.1, -0.05) is 31.4 Å². The highest BCUT2D eigenvalue weighted by Crippen LogP contribution is 2.28. The molecule has 9 heteroatoms. The minimum atomic E-state index is -3.70. The molecule has 2 fully saturated rings. The number of hydrogen-bond acceptors (Lipinski definition) is 4. The second-order valence-corrected chi connectivity index (χ2v) is 9.84. The molecule has 0 atom stereocenters. The summed E-state index contributed by atoms with van der Waals surface area (Å²) in [6.07, 6.45) is 6.42. The van der Waals surface area contributed by atoms with Crippen LogP contribution in [0, 0.1) is 5.41 Å². The Kier molecular flexibility index (Phi) is 7.34. The molecule has 0 spiro atoms. The van der Waals surface area contributed by atoms with E-state index in [1.54, 1.807) is 12.1 Å². The van der Waals surface area contributed by atoms with Crippen molar-refractivity contribution in [1.82, 2.24) is 19.8 Å². The molecule has 0 unspecified atom stereocenters. The van der Waals surface area contributed by atoms with Crippen LogP contribution in [0.5, 0.6) is 0 Å². The van der Waals surface area contributed by atoms with E-state index < -0.39 is 10.0 Å². The summed E-state index contributed by atoms with van der Waals surface area (Å²) >= 11 is 5.14. The maximum atomic E-state index is 13.1. The molecule has 1 aromatic rings. The molecular weight excluding hydrogens is 406 g/mol. The van der Waals surface area contributed by atoms with Gasteiger partial charge in [0.1, 0.15) is 0 Å². The first-order valence-electron chi connectivity index (χ1n) is 10.4. The van der Waals surface area contributed by atoms with Gasteiger partial charge in [-0.05, 0) is 56.1 Å². The van der Waals surface area contributed by atoms with Crippen molar-refractivity contribution in [3.63, 3.8) is 0 Å². The van der Waals surface area contributed by atoms with Crippen molar-refractivity contribution >= 4 is 33.3 Å². The summed E-state index contributed by atoms with van der Waals surface area (Å²) in [7, 11) is -3.70. The Morgan fingerprint density at radius 3 is 2.48 bits per heavy atom. The number of nitrogens with one attached hydrogen (secondary N) is 3. The SMILES string of the molecule is CCNC(=S)NCCc1ccc(S(=O)(=O)N2CCN(C3CCCCC3)C2=N)cc1. The van der Waals surface area contributed by atoms with Crippen molar-refractivity contribution in [1.29, 1.82) is 5.41 Å². The van der Waals surface area contributed by atoms with E-state index in [2.05, 4.69) is 10.6 Å². The van der Waals surface area contributed by atoms with Gasteiger partial charge in [0.2, 0.25) is 5.96 Å². The Labute approximate surface area is 179 Å². The maximum absolute atomic E-state index is 13.1. The quantitative estimate of drug-likeness (QED) is 0.567. The van der Waals surface area contributed by atoms with Crippen LogP contribution in [0.1, 0.15) is 44.6 Å². The normalized spacial score (nSPS) is 18.2. The molecule has 0 radical (unpaired) electrons. The third-order valence-electron chi connectivity index (χ3n) is 5.62. The van der Waals surface area contributed by atoms with Gasteiger partial charge in [-0.25, -0.2) is 12.7 Å². The lowest BCUT2D eigenvalue weighted by molar-refractivity contribution is 0.260. The first-order chi connectivity index (χ1) is 13.9. The minimum Gasteiger partial charge on any atom is -0.363 e. The van der Waals surface area contributed by atoms with Crippen LogP contribution in [0.3, 0.4) is 0 Å².